The molecule has 4 heteroatoms. The van der Waals surface area contributed by atoms with Crippen molar-refractivity contribution >= 4 is 27.3 Å². The van der Waals surface area contributed by atoms with Crippen LogP contribution in [0.1, 0.15) is 56.0 Å². The van der Waals surface area contributed by atoms with Crippen LogP contribution in [0.25, 0.3) is 0 Å². The van der Waals surface area contributed by atoms with Gasteiger partial charge in [0.1, 0.15) is 0 Å². The van der Waals surface area contributed by atoms with Gasteiger partial charge in [0.05, 0.1) is 9.89 Å². The lowest BCUT2D eigenvalue weighted by atomic mass is 9.92. The van der Waals surface area contributed by atoms with Gasteiger partial charge in [0.25, 0.3) is 0 Å². The van der Waals surface area contributed by atoms with Crippen molar-refractivity contribution in [2.45, 2.75) is 58.1 Å². The number of nitrogens with one attached hydrogen (secondary N) is 1. The molecule has 0 aromatic carbocycles. The van der Waals surface area contributed by atoms with Gasteiger partial charge < -0.3 is 10.4 Å². The van der Waals surface area contributed by atoms with E-state index in [2.05, 4.69) is 41.2 Å². The Hall–Kier alpha value is 0.100. The van der Waals surface area contributed by atoms with Crippen molar-refractivity contribution < 1.29 is 5.11 Å². The lowest BCUT2D eigenvalue weighted by Gasteiger charge is -2.27. The molecule has 1 aromatic rings. The van der Waals surface area contributed by atoms with E-state index in [1.165, 1.54) is 33.5 Å². The third-order valence-electron chi connectivity index (χ3n) is 4.25. The lowest BCUT2D eigenvalue weighted by molar-refractivity contribution is 0.0975. The van der Waals surface area contributed by atoms with Crippen LogP contribution < -0.4 is 5.32 Å². The highest BCUT2D eigenvalue weighted by atomic mass is 79.9. The van der Waals surface area contributed by atoms with Gasteiger partial charge >= 0.3 is 0 Å². The van der Waals surface area contributed by atoms with E-state index >= 15 is 0 Å². The Balaban J connectivity index is 1.94. The van der Waals surface area contributed by atoms with Gasteiger partial charge in [-0.2, -0.15) is 0 Å². The van der Waals surface area contributed by atoms with Gasteiger partial charge in [0, 0.05) is 17.5 Å². The zero-order chi connectivity index (χ0) is 13.8. The van der Waals surface area contributed by atoms with Crippen molar-refractivity contribution in [3.63, 3.8) is 0 Å². The fourth-order valence-corrected chi connectivity index (χ4v) is 4.82. The molecule has 0 amide bonds. The SMILES string of the molecule is CCC(CC)C(O)CNC1CCCc2sc(Br)cc21. The molecule has 2 rings (SSSR count). The molecule has 0 fully saturated rings. The second-order valence-electron chi connectivity index (χ2n) is 5.43. The first-order valence-electron chi connectivity index (χ1n) is 7.35. The first-order valence-corrected chi connectivity index (χ1v) is 8.96. The molecular formula is C15H24BrNOS. The van der Waals surface area contributed by atoms with E-state index in [1.54, 1.807) is 0 Å². The fraction of sp³-hybridized carbons (Fsp3) is 0.733. The molecule has 0 aliphatic heterocycles. The number of aliphatic hydroxyl groups excluding tert-OH is 1. The van der Waals surface area contributed by atoms with Gasteiger partial charge in [-0.3, -0.25) is 0 Å². The summed E-state index contributed by atoms with van der Waals surface area (Å²) in [7, 11) is 0. The zero-order valence-corrected chi connectivity index (χ0v) is 14.2. The maximum Gasteiger partial charge on any atom is 0.0704 e. The van der Waals surface area contributed by atoms with E-state index < -0.39 is 0 Å². The number of rotatable bonds is 6. The molecule has 2 unspecified atom stereocenters. The largest absolute Gasteiger partial charge is 0.392 e. The van der Waals surface area contributed by atoms with E-state index in [4.69, 9.17) is 0 Å². The molecule has 0 saturated heterocycles. The number of hydrogen-bond donors (Lipinski definition) is 2. The number of thiophene rings is 1. The maximum atomic E-state index is 10.2. The van der Waals surface area contributed by atoms with Crippen LogP contribution >= 0.6 is 27.3 Å². The highest BCUT2D eigenvalue weighted by Crippen LogP contribution is 2.37. The molecule has 0 spiro atoms. The molecule has 0 bridgehead atoms. The summed E-state index contributed by atoms with van der Waals surface area (Å²) in [6.07, 6.45) is 5.53. The summed E-state index contributed by atoms with van der Waals surface area (Å²) in [4.78, 5) is 1.51. The monoisotopic (exact) mass is 345 g/mol. The standard InChI is InChI=1S/C15H24BrNOS/c1-3-10(4-2)13(18)9-17-12-6-5-7-14-11(12)8-15(16)19-14/h8,10,12-13,17-18H,3-7,9H2,1-2H3. The minimum absolute atomic E-state index is 0.220. The van der Waals surface area contributed by atoms with Crippen LogP contribution in [0.3, 0.4) is 0 Å². The number of halogens is 1. The topological polar surface area (TPSA) is 32.3 Å². The molecule has 0 saturated carbocycles. The van der Waals surface area contributed by atoms with Gasteiger partial charge in [-0.15, -0.1) is 11.3 Å². The normalized spacial score (nSPS) is 20.6. The average Bonchev–Trinajstić information content (AvgIpc) is 2.78. The average molecular weight is 346 g/mol. The molecule has 1 heterocycles. The lowest BCUT2D eigenvalue weighted by Crippen LogP contribution is -2.35. The Morgan fingerprint density at radius 3 is 2.89 bits per heavy atom. The van der Waals surface area contributed by atoms with E-state index in [0.29, 0.717) is 18.5 Å². The smallest absolute Gasteiger partial charge is 0.0704 e. The first kappa shape index (κ1) is 15.5. The summed E-state index contributed by atoms with van der Waals surface area (Å²) < 4.78 is 1.23. The molecule has 1 aliphatic carbocycles. The van der Waals surface area contributed by atoms with Crippen LogP contribution in [0, 0.1) is 5.92 Å². The van der Waals surface area contributed by atoms with Gasteiger partial charge in [-0.05, 0) is 52.7 Å². The fourth-order valence-electron chi connectivity index (χ4n) is 3.00. The van der Waals surface area contributed by atoms with Gasteiger partial charge in [-0.25, -0.2) is 0 Å². The predicted molar refractivity (Wildman–Crippen MR) is 85.8 cm³/mol. The van der Waals surface area contributed by atoms with E-state index in [1.807, 2.05) is 11.3 Å². The van der Waals surface area contributed by atoms with E-state index in [-0.39, 0.29) is 6.10 Å². The number of fused-ring (bicyclic) bond motifs is 1. The molecule has 0 radical (unpaired) electrons. The number of aliphatic hydroxyl groups is 1. The van der Waals surface area contributed by atoms with Crippen molar-refractivity contribution in [2.75, 3.05) is 6.54 Å². The van der Waals surface area contributed by atoms with Crippen LogP contribution in [0.4, 0.5) is 0 Å². The van der Waals surface area contributed by atoms with Crippen molar-refractivity contribution in [2.24, 2.45) is 5.92 Å². The van der Waals surface area contributed by atoms with Crippen molar-refractivity contribution in [3.05, 3.63) is 20.3 Å². The predicted octanol–water partition coefficient (Wildman–Crippen LogP) is 4.27. The first-order chi connectivity index (χ1) is 9.15. The Bertz CT molecular complexity index is 403. The van der Waals surface area contributed by atoms with Crippen molar-refractivity contribution in [1.29, 1.82) is 0 Å². The van der Waals surface area contributed by atoms with Crippen LogP contribution in [0.2, 0.25) is 0 Å². The van der Waals surface area contributed by atoms with Crippen LogP contribution in [0.15, 0.2) is 9.85 Å². The molecule has 19 heavy (non-hydrogen) atoms. The highest BCUT2D eigenvalue weighted by Gasteiger charge is 2.24. The second kappa shape index (κ2) is 7.21. The quantitative estimate of drug-likeness (QED) is 0.806. The molecule has 2 N–H and O–H groups in total. The third-order valence-corrected chi connectivity index (χ3v) is 5.96. The Labute approximate surface area is 128 Å². The second-order valence-corrected chi connectivity index (χ2v) is 7.94. The molecule has 2 atom stereocenters. The highest BCUT2D eigenvalue weighted by molar-refractivity contribution is 9.11. The molecule has 1 aromatic heterocycles. The summed E-state index contributed by atoms with van der Waals surface area (Å²) >= 11 is 5.44. The summed E-state index contributed by atoms with van der Waals surface area (Å²) in [5.74, 6) is 0.421. The third kappa shape index (κ3) is 3.81. The van der Waals surface area contributed by atoms with Crippen LogP contribution in [-0.4, -0.2) is 17.8 Å². The molecular weight excluding hydrogens is 322 g/mol. The maximum absolute atomic E-state index is 10.2. The number of hydrogen-bond acceptors (Lipinski definition) is 3. The van der Waals surface area contributed by atoms with Gasteiger partial charge in [0.2, 0.25) is 0 Å². The van der Waals surface area contributed by atoms with E-state index in [9.17, 15) is 5.11 Å². The van der Waals surface area contributed by atoms with Gasteiger partial charge in [0.15, 0.2) is 0 Å². The van der Waals surface area contributed by atoms with Crippen molar-refractivity contribution in [1.82, 2.24) is 5.32 Å². The Morgan fingerprint density at radius 1 is 1.47 bits per heavy atom. The summed E-state index contributed by atoms with van der Waals surface area (Å²) in [5.41, 5.74) is 1.44. The molecule has 1 aliphatic rings. The summed E-state index contributed by atoms with van der Waals surface area (Å²) in [6.45, 7) is 5.03. The minimum atomic E-state index is -0.220. The van der Waals surface area contributed by atoms with Crippen LogP contribution in [-0.2, 0) is 6.42 Å². The zero-order valence-electron chi connectivity index (χ0n) is 11.8. The summed E-state index contributed by atoms with van der Waals surface area (Å²) in [6, 6.07) is 2.68. The Kier molecular flexibility index (Phi) is 5.87. The molecule has 108 valence electrons. The van der Waals surface area contributed by atoms with Crippen LogP contribution in [0.5, 0.6) is 0 Å². The van der Waals surface area contributed by atoms with Gasteiger partial charge in [-0.1, -0.05) is 26.7 Å². The van der Waals surface area contributed by atoms with E-state index in [0.717, 1.165) is 12.8 Å². The number of aryl methyl sites for hydroxylation is 1. The summed E-state index contributed by atoms with van der Waals surface area (Å²) in [5, 5.41) is 13.8. The Morgan fingerprint density at radius 2 is 2.21 bits per heavy atom. The van der Waals surface area contributed by atoms with Crippen molar-refractivity contribution in [3.8, 4) is 0 Å². The minimum Gasteiger partial charge on any atom is -0.392 e. The molecule has 2 nitrogen and oxygen atoms in total.